The molecule has 0 bridgehead atoms. The lowest BCUT2D eigenvalue weighted by Gasteiger charge is -2.32. The fraction of sp³-hybridized carbons (Fsp3) is 0.300. The first-order valence-electron chi connectivity index (χ1n) is 8.79. The molecule has 1 aliphatic heterocycles. The van der Waals surface area contributed by atoms with E-state index in [9.17, 15) is 9.59 Å². The second kappa shape index (κ2) is 9.01. The quantitative estimate of drug-likeness (QED) is 0.812. The summed E-state index contributed by atoms with van der Waals surface area (Å²) in [6.07, 6.45) is 1.45. The highest BCUT2D eigenvalue weighted by molar-refractivity contribution is 5.94. The summed E-state index contributed by atoms with van der Waals surface area (Å²) >= 11 is 0. The first-order chi connectivity index (χ1) is 12.7. The third-order valence-corrected chi connectivity index (χ3v) is 4.39. The normalized spacial score (nSPS) is 14.7. The average Bonchev–Trinajstić information content (AvgIpc) is 2.70. The zero-order chi connectivity index (χ0) is 18.2. The van der Waals surface area contributed by atoms with Gasteiger partial charge in [-0.15, -0.1) is 0 Å². The van der Waals surface area contributed by atoms with E-state index in [0.717, 1.165) is 18.4 Å². The van der Waals surface area contributed by atoms with Crippen molar-refractivity contribution >= 4 is 11.9 Å². The van der Waals surface area contributed by atoms with Crippen LogP contribution in [-0.4, -0.2) is 36.0 Å². The molecule has 1 saturated heterocycles. The van der Waals surface area contributed by atoms with E-state index < -0.39 is 0 Å². The van der Waals surface area contributed by atoms with Gasteiger partial charge in [-0.3, -0.25) is 9.63 Å². The van der Waals surface area contributed by atoms with E-state index in [-0.39, 0.29) is 18.0 Å². The maximum absolute atomic E-state index is 12.2. The molecular weight excluding hydrogens is 330 g/mol. The van der Waals surface area contributed by atoms with Gasteiger partial charge in [0.1, 0.15) is 0 Å². The van der Waals surface area contributed by atoms with Gasteiger partial charge >= 0.3 is 6.03 Å². The van der Waals surface area contributed by atoms with Crippen molar-refractivity contribution < 1.29 is 14.4 Å². The van der Waals surface area contributed by atoms with Crippen LogP contribution in [0.25, 0.3) is 0 Å². The van der Waals surface area contributed by atoms with Gasteiger partial charge in [0.25, 0.3) is 5.91 Å². The van der Waals surface area contributed by atoms with Gasteiger partial charge in [-0.25, -0.2) is 10.3 Å². The van der Waals surface area contributed by atoms with Gasteiger partial charge in [0, 0.05) is 24.7 Å². The third kappa shape index (κ3) is 5.07. The molecule has 3 rings (SSSR count). The molecule has 1 aliphatic rings. The van der Waals surface area contributed by atoms with Gasteiger partial charge in [-0.2, -0.15) is 0 Å². The molecule has 0 unspecified atom stereocenters. The van der Waals surface area contributed by atoms with Crippen LogP contribution in [0.15, 0.2) is 60.7 Å². The Kier molecular flexibility index (Phi) is 6.22. The van der Waals surface area contributed by atoms with Crippen molar-refractivity contribution in [3.63, 3.8) is 0 Å². The van der Waals surface area contributed by atoms with Crippen molar-refractivity contribution in [1.29, 1.82) is 0 Å². The summed E-state index contributed by atoms with van der Waals surface area (Å²) in [4.78, 5) is 31.3. The number of amides is 3. The molecule has 0 aromatic heterocycles. The minimum absolute atomic E-state index is 0.0697. The molecule has 1 fully saturated rings. The first kappa shape index (κ1) is 17.9. The van der Waals surface area contributed by atoms with Crippen molar-refractivity contribution in [1.82, 2.24) is 15.7 Å². The monoisotopic (exact) mass is 353 g/mol. The Morgan fingerprint density at radius 2 is 1.58 bits per heavy atom. The lowest BCUT2D eigenvalue weighted by atomic mass is 10.0. The van der Waals surface area contributed by atoms with Crippen molar-refractivity contribution in [2.45, 2.75) is 25.5 Å². The maximum atomic E-state index is 12.2. The molecule has 2 aromatic rings. The fourth-order valence-corrected chi connectivity index (χ4v) is 2.91. The third-order valence-electron chi connectivity index (χ3n) is 4.39. The van der Waals surface area contributed by atoms with E-state index in [1.165, 1.54) is 0 Å². The lowest BCUT2D eigenvalue weighted by Crippen LogP contribution is -2.49. The number of hydroxylamine groups is 1. The van der Waals surface area contributed by atoms with Crippen LogP contribution < -0.4 is 10.8 Å². The van der Waals surface area contributed by atoms with Gasteiger partial charge in [0.15, 0.2) is 0 Å². The number of hydrogen-bond acceptors (Lipinski definition) is 3. The summed E-state index contributed by atoms with van der Waals surface area (Å²) in [6, 6.07) is 18.7. The van der Waals surface area contributed by atoms with Crippen LogP contribution in [0.3, 0.4) is 0 Å². The second-order valence-electron chi connectivity index (χ2n) is 6.28. The number of nitrogens with one attached hydrogen (secondary N) is 2. The topological polar surface area (TPSA) is 70.7 Å². The molecule has 3 amide bonds. The molecule has 136 valence electrons. The van der Waals surface area contributed by atoms with Gasteiger partial charge in [0.2, 0.25) is 0 Å². The Morgan fingerprint density at radius 3 is 2.23 bits per heavy atom. The van der Waals surface area contributed by atoms with Gasteiger partial charge in [-0.1, -0.05) is 48.5 Å². The molecule has 0 atom stereocenters. The summed E-state index contributed by atoms with van der Waals surface area (Å²) in [6.45, 7) is 1.50. The predicted molar refractivity (Wildman–Crippen MR) is 98.3 cm³/mol. The highest BCUT2D eigenvalue weighted by atomic mass is 16.7. The Labute approximate surface area is 153 Å². The minimum Gasteiger partial charge on any atom is -0.349 e. The van der Waals surface area contributed by atoms with Crippen LogP contribution in [-0.2, 0) is 11.4 Å². The number of hydrogen-bond donors (Lipinski definition) is 2. The number of benzene rings is 2. The highest BCUT2D eigenvalue weighted by Crippen LogP contribution is 2.12. The number of urea groups is 1. The standard InChI is InChI=1S/C20H23N3O3/c24-19(17-9-5-2-6-10-17)21-18-11-13-23(14-12-18)20(25)22-26-15-16-7-3-1-4-8-16/h1-10,18H,11-15H2,(H,21,24)(H,22,25). The van der Waals surface area contributed by atoms with Crippen molar-refractivity contribution in [3.05, 3.63) is 71.8 Å². The van der Waals surface area contributed by atoms with E-state index in [1.807, 2.05) is 48.5 Å². The van der Waals surface area contributed by atoms with Crippen LogP contribution in [0.4, 0.5) is 4.79 Å². The van der Waals surface area contributed by atoms with Gasteiger partial charge < -0.3 is 10.2 Å². The Morgan fingerprint density at radius 1 is 0.962 bits per heavy atom. The molecule has 1 heterocycles. The first-order valence-corrected chi connectivity index (χ1v) is 8.79. The molecular formula is C20H23N3O3. The SMILES string of the molecule is O=C(NC1CCN(C(=O)NOCc2ccccc2)CC1)c1ccccc1. The minimum atomic E-state index is -0.242. The van der Waals surface area contributed by atoms with Crippen LogP contribution in [0.2, 0.25) is 0 Å². The summed E-state index contributed by atoms with van der Waals surface area (Å²) in [5.41, 5.74) is 4.13. The average molecular weight is 353 g/mol. The molecule has 6 nitrogen and oxygen atoms in total. The number of piperidine rings is 1. The summed E-state index contributed by atoms with van der Waals surface area (Å²) in [7, 11) is 0. The van der Waals surface area contributed by atoms with Crippen LogP contribution in [0.1, 0.15) is 28.8 Å². The van der Waals surface area contributed by atoms with Gasteiger partial charge in [0.05, 0.1) is 6.61 Å². The Balaban J connectivity index is 1.37. The molecule has 0 saturated carbocycles. The highest BCUT2D eigenvalue weighted by Gasteiger charge is 2.24. The van der Waals surface area contributed by atoms with Crippen LogP contribution in [0, 0.1) is 0 Å². The second-order valence-corrected chi connectivity index (χ2v) is 6.28. The Hall–Kier alpha value is -2.86. The molecule has 0 spiro atoms. The number of likely N-dealkylation sites (tertiary alicyclic amines) is 1. The molecule has 26 heavy (non-hydrogen) atoms. The molecule has 0 radical (unpaired) electrons. The van der Waals surface area contributed by atoms with E-state index in [2.05, 4.69) is 10.8 Å². The summed E-state index contributed by atoms with van der Waals surface area (Å²) in [5.74, 6) is -0.0697. The largest absolute Gasteiger partial charge is 0.349 e. The van der Waals surface area contributed by atoms with Crippen molar-refractivity contribution in [2.75, 3.05) is 13.1 Å². The zero-order valence-corrected chi connectivity index (χ0v) is 14.6. The zero-order valence-electron chi connectivity index (χ0n) is 14.6. The number of carbonyl (C=O) groups is 2. The van der Waals surface area contributed by atoms with Gasteiger partial charge in [-0.05, 0) is 30.5 Å². The number of nitrogens with zero attached hydrogens (tertiary/aromatic N) is 1. The van der Waals surface area contributed by atoms with Crippen molar-refractivity contribution in [3.8, 4) is 0 Å². The van der Waals surface area contributed by atoms with Crippen molar-refractivity contribution in [2.24, 2.45) is 0 Å². The maximum Gasteiger partial charge on any atom is 0.341 e. The molecule has 6 heteroatoms. The molecule has 2 N–H and O–H groups in total. The van der Waals surface area contributed by atoms with E-state index >= 15 is 0 Å². The van der Waals surface area contributed by atoms with E-state index in [4.69, 9.17) is 4.84 Å². The Bertz CT molecular complexity index is 714. The lowest BCUT2D eigenvalue weighted by molar-refractivity contribution is 0.0335. The van der Waals surface area contributed by atoms with E-state index in [0.29, 0.717) is 25.3 Å². The molecule has 2 aromatic carbocycles. The smallest absolute Gasteiger partial charge is 0.341 e. The number of carbonyl (C=O) groups excluding carboxylic acids is 2. The van der Waals surface area contributed by atoms with Crippen LogP contribution >= 0.6 is 0 Å². The fourth-order valence-electron chi connectivity index (χ4n) is 2.91. The van der Waals surface area contributed by atoms with E-state index in [1.54, 1.807) is 17.0 Å². The summed E-state index contributed by atoms with van der Waals surface area (Å²) in [5, 5.41) is 3.03. The predicted octanol–water partition coefficient (Wildman–Crippen LogP) is 2.72. The molecule has 0 aliphatic carbocycles. The number of rotatable bonds is 5. The van der Waals surface area contributed by atoms with Crippen LogP contribution in [0.5, 0.6) is 0 Å². The summed E-state index contributed by atoms with van der Waals surface area (Å²) < 4.78 is 0.